The SMILES string of the molecule is O=C(O)N1CCN(Cc2ccc(CCCOc3ccccc3)cc2)CC1. The Morgan fingerprint density at radius 3 is 2.23 bits per heavy atom. The maximum Gasteiger partial charge on any atom is 0.407 e. The van der Waals surface area contributed by atoms with Crippen LogP contribution in [0.15, 0.2) is 54.6 Å². The Labute approximate surface area is 154 Å². The second-order valence-corrected chi connectivity index (χ2v) is 6.63. The van der Waals surface area contributed by atoms with Crippen molar-refractivity contribution in [2.75, 3.05) is 32.8 Å². The molecule has 0 aromatic heterocycles. The molecule has 2 aromatic carbocycles. The standard InChI is InChI=1S/C21H26N2O3/c24-21(25)23-14-12-22(13-15-23)17-19-10-8-18(9-11-19)5-4-16-26-20-6-2-1-3-7-20/h1-3,6-11H,4-5,12-17H2,(H,24,25). The molecule has 1 heterocycles. The lowest BCUT2D eigenvalue weighted by molar-refractivity contribution is 0.103. The van der Waals surface area contributed by atoms with Crippen molar-refractivity contribution in [1.29, 1.82) is 0 Å². The number of para-hydroxylation sites is 1. The molecule has 1 fully saturated rings. The van der Waals surface area contributed by atoms with Gasteiger partial charge in [-0.15, -0.1) is 0 Å². The minimum Gasteiger partial charge on any atom is -0.494 e. The molecule has 5 nitrogen and oxygen atoms in total. The quantitative estimate of drug-likeness (QED) is 0.774. The summed E-state index contributed by atoms with van der Waals surface area (Å²) < 4.78 is 5.73. The van der Waals surface area contributed by atoms with Gasteiger partial charge in [0.2, 0.25) is 0 Å². The Hall–Kier alpha value is -2.53. The number of piperazine rings is 1. The summed E-state index contributed by atoms with van der Waals surface area (Å²) in [6, 6.07) is 18.6. The Balaban J connectivity index is 1.37. The third kappa shape index (κ3) is 5.49. The van der Waals surface area contributed by atoms with Gasteiger partial charge in [-0.3, -0.25) is 4.90 Å². The fourth-order valence-electron chi connectivity index (χ4n) is 3.15. The molecule has 0 saturated carbocycles. The van der Waals surface area contributed by atoms with Crippen LogP contribution in [0.25, 0.3) is 0 Å². The summed E-state index contributed by atoms with van der Waals surface area (Å²) in [5.74, 6) is 0.922. The summed E-state index contributed by atoms with van der Waals surface area (Å²) in [4.78, 5) is 14.7. The zero-order valence-corrected chi connectivity index (χ0v) is 15.0. The predicted molar refractivity (Wildman–Crippen MR) is 102 cm³/mol. The van der Waals surface area contributed by atoms with Crippen molar-refractivity contribution < 1.29 is 14.6 Å². The monoisotopic (exact) mass is 354 g/mol. The molecule has 1 aliphatic heterocycles. The summed E-state index contributed by atoms with van der Waals surface area (Å²) >= 11 is 0. The number of hydrogen-bond acceptors (Lipinski definition) is 3. The molecule has 1 aliphatic rings. The molecule has 5 heteroatoms. The number of carboxylic acid groups (broad SMARTS) is 1. The summed E-state index contributed by atoms with van der Waals surface area (Å²) in [5.41, 5.74) is 2.60. The van der Waals surface area contributed by atoms with Crippen LogP contribution in [0.1, 0.15) is 17.5 Å². The molecule has 1 N–H and O–H groups in total. The summed E-state index contributed by atoms with van der Waals surface area (Å²) in [6.45, 7) is 4.38. The second-order valence-electron chi connectivity index (χ2n) is 6.63. The number of rotatable bonds is 7. The third-order valence-electron chi connectivity index (χ3n) is 4.69. The van der Waals surface area contributed by atoms with E-state index < -0.39 is 6.09 Å². The number of hydrogen-bond donors (Lipinski definition) is 1. The molecule has 0 unspecified atom stereocenters. The highest BCUT2D eigenvalue weighted by Crippen LogP contribution is 2.13. The second kappa shape index (κ2) is 9.25. The average molecular weight is 354 g/mol. The molecule has 26 heavy (non-hydrogen) atoms. The molecule has 2 aromatic rings. The Kier molecular flexibility index (Phi) is 6.50. The van der Waals surface area contributed by atoms with Gasteiger partial charge in [-0.2, -0.15) is 0 Å². The number of aryl methyl sites for hydroxylation is 1. The van der Waals surface area contributed by atoms with E-state index in [1.165, 1.54) is 16.0 Å². The lowest BCUT2D eigenvalue weighted by Gasteiger charge is -2.33. The molecule has 1 amide bonds. The van der Waals surface area contributed by atoms with Gasteiger partial charge >= 0.3 is 6.09 Å². The highest BCUT2D eigenvalue weighted by molar-refractivity contribution is 5.65. The largest absolute Gasteiger partial charge is 0.494 e. The number of nitrogens with zero attached hydrogens (tertiary/aromatic N) is 2. The third-order valence-corrected chi connectivity index (χ3v) is 4.69. The number of carbonyl (C=O) groups is 1. The van der Waals surface area contributed by atoms with E-state index >= 15 is 0 Å². The first kappa shape index (κ1) is 18.3. The minimum absolute atomic E-state index is 0.592. The zero-order valence-electron chi connectivity index (χ0n) is 15.0. The van der Waals surface area contributed by atoms with Crippen LogP contribution in [-0.4, -0.2) is 53.8 Å². The van der Waals surface area contributed by atoms with Gasteiger partial charge in [0, 0.05) is 32.7 Å². The summed E-state index contributed by atoms with van der Waals surface area (Å²) in [5, 5.41) is 9.00. The number of ether oxygens (including phenoxy) is 1. The maximum atomic E-state index is 10.9. The lowest BCUT2D eigenvalue weighted by atomic mass is 10.1. The molecule has 0 aliphatic carbocycles. The van der Waals surface area contributed by atoms with Crippen molar-refractivity contribution in [3.63, 3.8) is 0 Å². The molecule has 1 saturated heterocycles. The van der Waals surface area contributed by atoms with Crippen LogP contribution < -0.4 is 4.74 Å². The van der Waals surface area contributed by atoms with Gasteiger partial charge in [-0.05, 0) is 36.1 Å². The van der Waals surface area contributed by atoms with E-state index in [0.29, 0.717) is 13.1 Å². The molecular weight excluding hydrogens is 328 g/mol. The van der Waals surface area contributed by atoms with E-state index in [1.807, 2.05) is 30.3 Å². The molecular formula is C21H26N2O3. The molecule has 3 rings (SSSR count). The summed E-state index contributed by atoms with van der Waals surface area (Å²) in [7, 11) is 0. The Morgan fingerprint density at radius 2 is 1.58 bits per heavy atom. The topological polar surface area (TPSA) is 53.0 Å². The average Bonchev–Trinajstić information content (AvgIpc) is 2.68. The lowest BCUT2D eigenvalue weighted by Crippen LogP contribution is -2.47. The summed E-state index contributed by atoms with van der Waals surface area (Å²) in [6.07, 6.45) is 1.18. The van der Waals surface area contributed by atoms with Crippen LogP contribution >= 0.6 is 0 Å². The Bertz CT molecular complexity index is 680. The normalized spacial score (nSPS) is 15.0. The van der Waals surface area contributed by atoms with Gasteiger partial charge in [0.15, 0.2) is 0 Å². The highest BCUT2D eigenvalue weighted by atomic mass is 16.5. The maximum absolute atomic E-state index is 10.9. The van der Waals surface area contributed by atoms with Crippen molar-refractivity contribution in [3.8, 4) is 5.75 Å². The van der Waals surface area contributed by atoms with Gasteiger partial charge in [-0.25, -0.2) is 4.79 Å². The molecule has 0 bridgehead atoms. The molecule has 0 radical (unpaired) electrons. The van der Waals surface area contributed by atoms with E-state index in [-0.39, 0.29) is 0 Å². The van der Waals surface area contributed by atoms with Gasteiger partial charge in [0.05, 0.1) is 6.61 Å². The zero-order chi connectivity index (χ0) is 18.2. The Morgan fingerprint density at radius 1 is 0.923 bits per heavy atom. The van der Waals surface area contributed by atoms with Crippen LogP contribution in [0.4, 0.5) is 4.79 Å². The van der Waals surface area contributed by atoms with Crippen LogP contribution in [0.3, 0.4) is 0 Å². The smallest absolute Gasteiger partial charge is 0.407 e. The van der Waals surface area contributed by atoms with Crippen molar-refractivity contribution >= 4 is 6.09 Å². The fraction of sp³-hybridized carbons (Fsp3) is 0.381. The molecule has 0 atom stereocenters. The van der Waals surface area contributed by atoms with E-state index in [0.717, 1.165) is 44.8 Å². The first-order valence-electron chi connectivity index (χ1n) is 9.16. The number of benzene rings is 2. The number of amides is 1. The van der Waals surface area contributed by atoms with Crippen molar-refractivity contribution in [2.24, 2.45) is 0 Å². The highest BCUT2D eigenvalue weighted by Gasteiger charge is 2.20. The molecule has 0 spiro atoms. The van der Waals surface area contributed by atoms with Gasteiger partial charge in [-0.1, -0.05) is 42.5 Å². The van der Waals surface area contributed by atoms with Crippen molar-refractivity contribution in [3.05, 3.63) is 65.7 Å². The van der Waals surface area contributed by atoms with Crippen LogP contribution in [0.2, 0.25) is 0 Å². The van der Waals surface area contributed by atoms with Crippen LogP contribution in [0, 0.1) is 0 Å². The van der Waals surface area contributed by atoms with Gasteiger partial charge < -0.3 is 14.7 Å². The van der Waals surface area contributed by atoms with Crippen molar-refractivity contribution in [1.82, 2.24) is 9.80 Å². The van der Waals surface area contributed by atoms with Gasteiger partial charge in [0.1, 0.15) is 5.75 Å². The fourth-order valence-corrected chi connectivity index (χ4v) is 3.15. The van der Waals surface area contributed by atoms with Gasteiger partial charge in [0.25, 0.3) is 0 Å². The minimum atomic E-state index is -0.815. The van der Waals surface area contributed by atoms with Crippen LogP contribution in [-0.2, 0) is 13.0 Å². The van der Waals surface area contributed by atoms with E-state index in [2.05, 4.69) is 29.2 Å². The first-order chi connectivity index (χ1) is 12.7. The molecule has 138 valence electrons. The van der Waals surface area contributed by atoms with E-state index in [1.54, 1.807) is 0 Å². The van der Waals surface area contributed by atoms with E-state index in [4.69, 9.17) is 9.84 Å². The first-order valence-corrected chi connectivity index (χ1v) is 9.16. The predicted octanol–water partition coefficient (Wildman–Crippen LogP) is 3.49. The van der Waals surface area contributed by atoms with Crippen LogP contribution in [0.5, 0.6) is 5.75 Å². The van der Waals surface area contributed by atoms with E-state index in [9.17, 15) is 4.79 Å². The van der Waals surface area contributed by atoms with Crippen molar-refractivity contribution in [2.45, 2.75) is 19.4 Å².